The lowest BCUT2D eigenvalue weighted by molar-refractivity contribution is 0.584. The first-order chi connectivity index (χ1) is 11.8. The Hall–Kier alpha value is -2.15. The average Bonchev–Trinajstić information content (AvgIpc) is 2.67. The number of nitrogens with one attached hydrogen (secondary N) is 1. The summed E-state index contributed by atoms with van der Waals surface area (Å²) >= 11 is 0. The molecule has 0 aliphatic carbocycles. The predicted octanol–water partition coefficient (Wildman–Crippen LogP) is 3.79. The molecule has 0 aliphatic heterocycles. The lowest BCUT2D eigenvalue weighted by Crippen LogP contribution is -2.25. The van der Waals surface area contributed by atoms with Gasteiger partial charge in [0.25, 0.3) is 0 Å². The van der Waals surface area contributed by atoms with Gasteiger partial charge in [-0.05, 0) is 5.56 Å². The lowest BCUT2D eigenvalue weighted by Gasteiger charge is -2.19. The van der Waals surface area contributed by atoms with Crippen LogP contribution >= 0.6 is 7.14 Å². The minimum absolute atomic E-state index is 0.619. The van der Waals surface area contributed by atoms with Crippen molar-refractivity contribution in [2.75, 3.05) is 12.7 Å². The molecule has 0 unspecified atom stereocenters. The van der Waals surface area contributed by atoms with Gasteiger partial charge >= 0.3 is 0 Å². The number of hydrogen-bond donors (Lipinski definition) is 1. The zero-order valence-electron chi connectivity index (χ0n) is 13.6. The summed E-state index contributed by atoms with van der Waals surface area (Å²) in [6.07, 6.45) is 0.619. The van der Waals surface area contributed by atoms with E-state index in [1.165, 1.54) is 5.56 Å². The zero-order valence-corrected chi connectivity index (χ0v) is 14.5. The molecule has 0 atom stereocenters. The summed E-state index contributed by atoms with van der Waals surface area (Å²) in [5.74, 6) is 0. The van der Waals surface area contributed by atoms with Crippen LogP contribution in [0.15, 0.2) is 91.0 Å². The van der Waals surface area contributed by atoms with Crippen LogP contribution in [0, 0.1) is 0 Å². The molecule has 0 saturated heterocycles. The van der Waals surface area contributed by atoms with Crippen LogP contribution in [0.1, 0.15) is 5.56 Å². The van der Waals surface area contributed by atoms with Crippen molar-refractivity contribution >= 4 is 17.8 Å². The van der Waals surface area contributed by atoms with Crippen molar-refractivity contribution in [3.63, 3.8) is 0 Å². The third-order valence-corrected chi connectivity index (χ3v) is 7.24. The van der Waals surface area contributed by atoms with E-state index < -0.39 is 7.14 Å². The maximum atomic E-state index is 13.8. The molecule has 0 amide bonds. The van der Waals surface area contributed by atoms with E-state index in [4.69, 9.17) is 0 Å². The van der Waals surface area contributed by atoms with E-state index in [9.17, 15) is 4.57 Å². The molecule has 24 heavy (non-hydrogen) atoms. The molecule has 0 aromatic heterocycles. The minimum Gasteiger partial charge on any atom is -0.314 e. The van der Waals surface area contributed by atoms with E-state index in [-0.39, 0.29) is 0 Å². The third kappa shape index (κ3) is 4.03. The summed E-state index contributed by atoms with van der Waals surface area (Å²) in [6.45, 7) is 1.51. The first-order valence-electron chi connectivity index (χ1n) is 8.24. The van der Waals surface area contributed by atoms with Gasteiger partial charge in [-0.3, -0.25) is 0 Å². The summed E-state index contributed by atoms with van der Waals surface area (Å²) in [6, 6.07) is 30.0. The molecule has 0 saturated carbocycles. The van der Waals surface area contributed by atoms with E-state index in [0.717, 1.165) is 23.7 Å². The highest BCUT2D eigenvalue weighted by molar-refractivity contribution is 7.78. The highest BCUT2D eigenvalue weighted by Crippen LogP contribution is 2.42. The largest absolute Gasteiger partial charge is 0.314 e. The summed E-state index contributed by atoms with van der Waals surface area (Å²) in [4.78, 5) is 0. The topological polar surface area (TPSA) is 29.1 Å². The van der Waals surface area contributed by atoms with Gasteiger partial charge in [-0.2, -0.15) is 0 Å². The van der Waals surface area contributed by atoms with Gasteiger partial charge in [-0.25, -0.2) is 0 Å². The summed E-state index contributed by atoms with van der Waals surface area (Å²) in [5, 5.41) is 5.28. The molecule has 0 heterocycles. The van der Waals surface area contributed by atoms with Crippen LogP contribution in [-0.2, 0) is 11.1 Å². The summed E-state index contributed by atoms with van der Waals surface area (Å²) in [7, 11) is -2.61. The van der Waals surface area contributed by atoms with E-state index in [1.807, 2.05) is 78.9 Å². The Bertz CT molecular complexity index is 744. The van der Waals surface area contributed by atoms with Gasteiger partial charge in [-0.1, -0.05) is 91.0 Å². The van der Waals surface area contributed by atoms with Gasteiger partial charge in [0.05, 0.1) is 0 Å². The van der Waals surface area contributed by atoms with Crippen molar-refractivity contribution in [3.05, 3.63) is 96.6 Å². The van der Waals surface area contributed by atoms with E-state index in [0.29, 0.717) is 6.16 Å². The second-order valence-electron chi connectivity index (χ2n) is 5.80. The minimum atomic E-state index is -2.61. The number of benzene rings is 3. The molecule has 0 radical (unpaired) electrons. The molecule has 0 aliphatic rings. The smallest absolute Gasteiger partial charge is 0.144 e. The van der Waals surface area contributed by atoms with Gasteiger partial charge in [0, 0.05) is 29.9 Å². The van der Waals surface area contributed by atoms with Crippen LogP contribution in [0.25, 0.3) is 0 Å². The maximum Gasteiger partial charge on any atom is 0.144 e. The highest BCUT2D eigenvalue weighted by Gasteiger charge is 2.26. The standard InChI is InChI=1S/C21H22NOP/c23-24(20-12-6-2-7-13-20,21-14-8-3-9-15-21)17-16-22-18-19-10-4-1-5-11-19/h1-15,22H,16-18H2. The first kappa shape index (κ1) is 16.7. The molecule has 0 bridgehead atoms. The normalized spacial score (nSPS) is 11.3. The van der Waals surface area contributed by atoms with Gasteiger partial charge < -0.3 is 9.88 Å². The second kappa shape index (κ2) is 8.10. The quantitative estimate of drug-likeness (QED) is 0.526. The Morgan fingerprint density at radius 2 is 1.12 bits per heavy atom. The van der Waals surface area contributed by atoms with Crippen LogP contribution in [0.2, 0.25) is 0 Å². The molecule has 3 rings (SSSR count). The second-order valence-corrected chi connectivity index (χ2v) is 8.76. The predicted molar refractivity (Wildman–Crippen MR) is 103 cm³/mol. The molecular weight excluding hydrogens is 313 g/mol. The van der Waals surface area contributed by atoms with Gasteiger partial charge in [0.1, 0.15) is 7.14 Å². The summed E-state index contributed by atoms with van der Waals surface area (Å²) in [5.41, 5.74) is 1.24. The fraction of sp³-hybridized carbons (Fsp3) is 0.143. The fourth-order valence-electron chi connectivity index (χ4n) is 2.81. The average molecular weight is 335 g/mol. The Balaban J connectivity index is 1.73. The Kier molecular flexibility index (Phi) is 5.63. The molecule has 3 aromatic rings. The number of rotatable bonds is 7. The lowest BCUT2D eigenvalue weighted by atomic mass is 10.2. The third-order valence-electron chi connectivity index (χ3n) is 4.12. The molecule has 3 heteroatoms. The molecule has 0 fully saturated rings. The monoisotopic (exact) mass is 335 g/mol. The molecule has 2 nitrogen and oxygen atoms in total. The Morgan fingerprint density at radius 3 is 1.62 bits per heavy atom. The molecule has 3 aromatic carbocycles. The van der Waals surface area contributed by atoms with E-state index >= 15 is 0 Å². The van der Waals surface area contributed by atoms with Crippen LogP contribution in [0.4, 0.5) is 0 Å². The fourth-order valence-corrected chi connectivity index (χ4v) is 5.40. The molecular formula is C21H22NOP. The van der Waals surface area contributed by atoms with Crippen molar-refractivity contribution in [2.24, 2.45) is 0 Å². The first-order valence-corrected chi connectivity index (χ1v) is 10.1. The van der Waals surface area contributed by atoms with Crippen molar-refractivity contribution in [2.45, 2.75) is 6.54 Å². The van der Waals surface area contributed by atoms with Crippen LogP contribution < -0.4 is 15.9 Å². The van der Waals surface area contributed by atoms with Crippen molar-refractivity contribution in [1.82, 2.24) is 5.32 Å². The van der Waals surface area contributed by atoms with Crippen molar-refractivity contribution in [1.29, 1.82) is 0 Å². The SMILES string of the molecule is O=P(CCNCc1ccccc1)(c1ccccc1)c1ccccc1. The van der Waals surface area contributed by atoms with Crippen LogP contribution in [0.3, 0.4) is 0 Å². The molecule has 0 spiro atoms. The highest BCUT2D eigenvalue weighted by atomic mass is 31.2. The number of hydrogen-bond acceptors (Lipinski definition) is 2. The van der Waals surface area contributed by atoms with E-state index in [2.05, 4.69) is 17.4 Å². The van der Waals surface area contributed by atoms with Crippen molar-refractivity contribution in [3.8, 4) is 0 Å². The van der Waals surface area contributed by atoms with Crippen LogP contribution in [0.5, 0.6) is 0 Å². The zero-order chi connectivity index (χ0) is 16.7. The van der Waals surface area contributed by atoms with Crippen LogP contribution in [-0.4, -0.2) is 12.7 Å². The summed E-state index contributed by atoms with van der Waals surface area (Å²) < 4.78 is 13.8. The van der Waals surface area contributed by atoms with Gasteiger partial charge in [0.15, 0.2) is 0 Å². The maximum absolute atomic E-state index is 13.8. The molecule has 1 N–H and O–H groups in total. The molecule has 122 valence electrons. The Morgan fingerprint density at radius 1 is 0.667 bits per heavy atom. The van der Waals surface area contributed by atoms with Gasteiger partial charge in [0.2, 0.25) is 0 Å². The van der Waals surface area contributed by atoms with E-state index in [1.54, 1.807) is 0 Å². The Labute approximate surface area is 143 Å². The van der Waals surface area contributed by atoms with Gasteiger partial charge in [-0.15, -0.1) is 0 Å². The van der Waals surface area contributed by atoms with Crippen molar-refractivity contribution < 1.29 is 4.57 Å².